The molecule has 0 radical (unpaired) electrons. The second-order valence-corrected chi connectivity index (χ2v) is 21.5. The van der Waals surface area contributed by atoms with Gasteiger partial charge in [0.25, 0.3) is 0 Å². The molecule has 0 atom stereocenters. The van der Waals surface area contributed by atoms with Crippen molar-refractivity contribution in [3.63, 3.8) is 0 Å². The van der Waals surface area contributed by atoms with E-state index in [1.165, 1.54) is 43.8 Å². The van der Waals surface area contributed by atoms with Crippen molar-refractivity contribution in [3.05, 3.63) is 119 Å². The maximum Gasteiger partial charge on any atom is -0.147 e. The van der Waals surface area contributed by atoms with Crippen molar-refractivity contribution in [3.8, 4) is 11.1 Å². The maximum absolute atomic E-state index is 2.92. The van der Waals surface area contributed by atoms with Crippen LogP contribution in [0.1, 0.15) is 90.1 Å². The molecule has 0 saturated heterocycles. The van der Waals surface area contributed by atoms with Crippen molar-refractivity contribution in [2.45, 2.75) is 84.2 Å². The van der Waals surface area contributed by atoms with Crippen molar-refractivity contribution < 1.29 is 24.7 Å². The van der Waals surface area contributed by atoms with Gasteiger partial charge in [0.1, 0.15) is 0 Å². The molecule has 0 aromatic heterocycles. The Kier molecular flexibility index (Phi) is 10.4. The summed E-state index contributed by atoms with van der Waals surface area (Å²) < 4.78 is 2.92. The number of benzene rings is 4. The summed E-state index contributed by atoms with van der Waals surface area (Å²) in [7, 11) is -2.62. The Morgan fingerprint density at radius 1 is 0.548 bits per heavy atom. The van der Waals surface area contributed by atoms with Gasteiger partial charge in [-0.05, 0) is 0 Å². The fourth-order valence-corrected chi connectivity index (χ4v) is 16.2. The van der Waals surface area contributed by atoms with Crippen LogP contribution < -0.4 is 10.4 Å². The summed E-state index contributed by atoms with van der Waals surface area (Å²) in [6.07, 6.45) is 0. The minimum atomic E-state index is -2.62. The van der Waals surface area contributed by atoms with Gasteiger partial charge in [0.2, 0.25) is 0 Å². The van der Waals surface area contributed by atoms with E-state index in [2.05, 4.69) is 162 Å². The quantitative estimate of drug-likeness (QED) is 0.187. The van der Waals surface area contributed by atoms with Gasteiger partial charge in [-0.1, -0.05) is 0 Å². The van der Waals surface area contributed by atoms with Crippen LogP contribution in [0.15, 0.2) is 97.1 Å². The summed E-state index contributed by atoms with van der Waals surface area (Å²) in [5.41, 5.74) is 9.16. The third-order valence-corrected chi connectivity index (χ3v) is 20.1. The SMILES string of the molecule is CC(C)(C)c1ccc2c(c1)C([Si](c1ccccc1)(c1ccccc1)[N]([Hf])C(C)(C)C)c1cc(C(C)(C)C)ccc1-2.Cl.Cl. The molecule has 1 aliphatic rings. The van der Waals surface area contributed by atoms with E-state index >= 15 is 0 Å². The molecule has 4 aromatic carbocycles. The third-order valence-electron chi connectivity index (χ3n) is 8.62. The topological polar surface area (TPSA) is 3.24 Å². The average molecular weight is 782 g/mol. The molecule has 221 valence electrons. The second kappa shape index (κ2) is 12.5. The first-order valence-electron chi connectivity index (χ1n) is 14.6. The number of rotatable bonds is 4. The molecule has 1 nitrogen and oxygen atoms in total. The number of hydrogen-bond donors (Lipinski definition) is 0. The fourth-order valence-electron chi connectivity index (χ4n) is 6.45. The Labute approximate surface area is 283 Å². The van der Waals surface area contributed by atoms with Gasteiger partial charge in [-0.3, -0.25) is 0 Å². The fraction of sp³-hybridized carbons (Fsp3) is 0.351. The predicted octanol–water partition coefficient (Wildman–Crippen LogP) is 9.10. The molecular formula is C37H46Cl2HfNSi. The van der Waals surface area contributed by atoms with Crippen molar-refractivity contribution in [1.29, 1.82) is 0 Å². The minimum Gasteiger partial charge on any atom is -0.147 e. The van der Waals surface area contributed by atoms with Crippen LogP contribution in [0.2, 0.25) is 0 Å². The van der Waals surface area contributed by atoms with Crippen LogP contribution in [-0.4, -0.2) is 16.3 Å². The average Bonchev–Trinajstić information content (AvgIpc) is 3.22. The van der Waals surface area contributed by atoms with Crippen LogP contribution in [0.3, 0.4) is 0 Å². The van der Waals surface area contributed by atoms with Crippen LogP contribution in [0.4, 0.5) is 0 Å². The number of halogens is 2. The predicted molar refractivity (Wildman–Crippen MR) is 185 cm³/mol. The molecule has 0 N–H and O–H groups in total. The van der Waals surface area contributed by atoms with Gasteiger partial charge in [0.05, 0.1) is 0 Å². The Morgan fingerprint density at radius 3 is 1.21 bits per heavy atom. The first-order chi connectivity index (χ1) is 18.7. The van der Waals surface area contributed by atoms with E-state index in [1.54, 1.807) is 0 Å². The van der Waals surface area contributed by atoms with Crippen LogP contribution >= 0.6 is 24.8 Å². The summed E-state index contributed by atoms with van der Waals surface area (Å²) in [6, 6.07) is 37.8. The summed E-state index contributed by atoms with van der Waals surface area (Å²) in [6.45, 7) is 21.3. The zero-order valence-electron chi connectivity index (χ0n) is 26.6. The zero-order chi connectivity index (χ0) is 29.1. The second-order valence-electron chi connectivity index (χ2n) is 14.5. The maximum atomic E-state index is 2.92. The van der Waals surface area contributed by atoms with Crippen LogP contribution in [-0.2, 0) is 35.5 Å². The summed E-state index contributed by atoms with van der Waals surface area (Å²) in [4.78, 5) is 0. The van der Waals surface area contributed by atoms with E-state index in [9.17, 15) is 0 Å². The van der Waals surface area contributed by atoms with E-state index in [1.807, 2.05) is 0 Å². The van der Waals surface area contributed by atoms with Gasteiger partial charge in [-0.2, -0.15) is 0 Å². The molecule has 4 aromatic rings. The zero-order valence-corrected chi connectivity index (χ0v) is 32.8. The summed E-state index contributed by atoms with van der Waals surface area (Å²) in [5.74, 6) is 0. The molecule has 0 fully saturated rings. The first-order valence-corrected chi connectivity index (χ1v) is 18.2. The molecule has 0 unspecified atom stereocenters. The Bertz CT molecular complexity index is 1410. The molecule has 0 amide bonds. The number of fused-ring (bicyclic) bond motifs is 3. The first kappa shape index (κ1) is 35.0. The van der Waals surface area contributed by atoms with Crippen LogP contribution in [0.5, 0.6) is 0 Å². The van der Waals surface area contributed by atoms with Crippen LogP contribution in [0, 0.1) is 0 Å². The van der Waals surface area contributed by atoms with Gasteiger partial charge >= 0.3 is 260 Å². The van der Waals surface area contributed by atoms with E-state index in [-0.39, 0.29) is 46.7 Å². The molecule has 42 heavy (non-hydrogen) atoms. The molecule has 0 spiro atoms. The molecule has 0 aliphatic heterocycles. The van der Waals surface area contributed by atoms with E-state index in [0.717, 1.165) is 24.7 Å². The third kappa shape index (κ3) is 6.07. The minimum absolute atomic E-state index is 0. The van der Waals surface area contributed by atoms with Crippen molar-refractivity contribution in [2.75, 3.05) is 0 Å². The normalized spacial score (nSPS) is 13.6. The molecule has 0 saturated carbocycles. The molecule has 5 rings (SSSR count). The van der Waals surface area contributed by atoms with E-state index in [4.69, 9.17) is 0 Å². The number of nitrogens with zero attached hydrogens (tertiary/aromatic N) is 1. The smallest absolute Gasteiger partial charge is 0.147 e. The van der Waals surface area contributed by atoms with Gasteiger partial charge < -0.3 is 0 Å². The Hall–Kier alpha value is -1.49. The van der Waals surface area contributed by atoms with Crippen molar-refractivity contribution in [2.24, 2.45) is 0 Å². The van der Waals surface area contributed by atoms with Crippen molar-refractivity contribution in [1.82, 2.24) is 2.55 Å². The van der Waals surface area contributed by atoms with E-state index in [0.29, 0.717) is 0 Å². The monoisotopic (exact) mass is 782 g/mol. The Balaban J connectivity index is 0.00000242. The standard InChI is InChI=1S/C37H44NSi.2ClH.Hf/c1-35(2,3)26-20-22-30-31-23-21-27(36(4,5)6)25-33(31)34(32(30)24-26)39(38-37(7,8)9,28-16-12-10-13-17-28)29-18-14-11-15-19-29;;;/h10-25,34H,1-9H3;2*1H;/q-1;;;+1. The van der Waals surface area contributed by atoms with Gasteiger partial charge in [-0.15, -0.1) is 24.8 Å². The van der Waals surface area contributed by atoms with Gasteiger partial charge in [0, 0.05) is 0 Å². The molecule has 0 bridgehead atoms. The van der Waals surface area contributed by atoms with Crippen molar-refractivity contribution >= 4 is 43.4 Å². The summed E-state index contributed by atoms with van der Waals surface area (Å²) in [5, 5.41) is 2.99. The Morgan fingerprint density at radius 2 is 0.905 bits per heavy atom. The molecular weight excluding hydrogens is 736 g/mol. The molecule has 0 heterocycles. The largest absolute Gasteiger partial charge is 0.147 e. The number of hydrogen-bond acceptors (Lipinski definition) is 1. The van der Waals surface area contributed by atoms with Gasteiger partial charge in [-0.25, -0.2) is 0 Å². The molecule has 1 aliphatic carbocycles. The molecule has 5 heteroatoms. The summed E-state index contributed by atoms with van der Waals surface area (Å²) >= 11 is 0.967. The van der Waals surface area contributed by atoms with E-state index < -0.39 is 8.24 Å². The van der Waals surface area contributed by atoms with Gasteiger partial charge in [0.15, 0.2) is 0 Å². The van der Waals surface area contributed by atoms with Crippen LogP contribution in [0.25, 0.3) is 11.1 Å².